The number of aromatic nitrogens is 7. The molecule has 0 aromatic carbocycles. The van der Waals surface area contributed by atoms with Crippen LogP contribution >= 0.6 is 0 Å². The minimum atomic E-state index is 0.543. The van der Waals surface area contributed by atoms with Gasteiger partial charge in [-0.1, -0.05) is 17.7 Å². The Labute approximate surface area is 207 Å². The standard InChI is InChI=1S/C27H26N8O/c1-2-19(3-1)11-28-12-20-4-5-26-30-23(16-33(26)15-20)17-34-18-25(31-32-34)22-10-24(14-29-13-22)35-8-6-21-7-9-36-27(21)35/h4-10,13-16,18-19,28H,1-3,11-12,17H2. The smallest absolute Gasteiger partial charge is 0.211 e. The summed E-state index contributed by atoms with van der Waals surface area (Å²) in [5.74, 6) is 0.861. The van der Waals surface area contributed by atoms with E-state index < -0.39 is 0 Å². The van der Waals surface area contributed by atoms with Crippen molar-refractivity contribution in [1.29, 1.82) is 0 Å². The van der Waals surface area contributed by atoms with Gasteiger partial charge in [0.15, 0.2) is 0 Å². The summed E-state index contributed by atoms with van der Waals surface area (Å²) in [6, 6.07) is 10.2. The van der Waals surface area contributed by atoms with Gasteiger partial charge in [0.05, 0.1) is 36.6 Å². The molecule has 1 saturated carbocycles. The highest BCUT2D eigenvalue weighted by atomic mass is 16.3. The molecule has 1 N–H and O–H groups in total. The summed E-state index contributed by atoms with van der Waals surface area (Å²) in [5, 5.41) is 13.4. The molecule has 0 saturated heterocycles. The molecule has 9 nitrogen and oxygen atoms in total. The largest absolute Gasteiger partial charge is 0.447 e. The molecule has 6 heterocycles. The number of nitrogens with one attached hydrogen (secondary N) is 1. The Kier molecular flexibility index (Phi) is 5.13. The van der Waals surface area contributed by atoms with Crippen molar-refractivity contribution in [3.8, 4) is 16.9 Å². The van der Waals surface area contributed by atoms with E-state index in [0.717, 1.165) is 58.4 Å². The van der Waals surface area contributed by atoms with Crippen molar-refractivity contribution in [2.75, 3.05) is 6.54 Å². The number of nitrogens with zero attached hydrogens (tertiary/aromatic N) is 7. The topological polar surface area (TPSA) is 91.0 Å². The molecule has 0 atom stereocenters. The molecule has 6 aromatic rings. The van der Waals surface area contributed by atoms with E-state index in [1.54, 1.807) is 12.5 Å². The van der Waals surface area contributed by atoms with Gasteiger partial charge >= 0.3 is 0 Å². The van der Waals surface area contributed by atoms with Crippen LogP contribution in [0.3, 0.4) is 0 Å². The lowest BCUT2D eigenvalue weighted by Gasteiger charge is -2.25. The molecular weight excluding hydrogens is 452 g/mol. The predicted octanol–water partition coefficient (Wildman–Crippen LogP) is 4.46. The maximum Gasteiger partial charge on any atom is 0.211 e. The van der Waals surface area contributed by atoms with Crippen LogP contribution in [-0.2, 0) is 13.1 Å². The number of pyridine rings is 2. The van der Waals surface area contributed by atoms with Crippen LogP contribution in [-0.4, -0.2) is 40.5 Å². The Morgan fingerprint density at radius 1 is 1.06 bits per heavy atom. The lowest BCUT2D eigenvalue weighted by molar-refractivity contribution is 0.301. The first kappa shape index (κ1) is 21.1. The minimum absolute atomic E-state index is 0.543. The molecule has 180 valence electrons. The average Bonchev–Trinajstić information content (AvgIpc) is 3.64. The summed E-state index contributed by atoms with van der Waals surface area (Å²) in [4.78, 5) is 9.18. The van der Waals surface area contributed by atoms with E-state index in [-0.39, 0.29) is 0 Å². The van der Waals surface area contributed by atoms with Gasteiger partial charge in [0.25, 0.3) is 0 Å². The molecule has 1 aliphatic carbocycles. The van der Waals surface area contributed by atoms with E-state index in [2.05, 4.69) is 49.5 Å². The van der Waals surface area contributed by atoms with Gasteiger partial charge in [0.2, 0.25) is 5.71 Å². The van der Waals surface area contributed by atoms with E-state index in [1.165, 1.54) is 24.8 Å². The SMILES string of the molecule is c1cc2ccn(-c3cncc(-c4cn(Cc5cn6cc(CNCC7CCC7)ccc6n5)nn4)c3)c2o1. The number of furan rings is 1. The Hall–Kier alpha value is -4.24. The third-order valence-electron chi connectivity index (χ3n) is 7.01. The minimum Gasteiger partial charge on any atom is -0.447 e. The Bertz CT molecular complexity index is 1650. The zero-order chi connectivity index (χ0) is 23.9. The molecule has 0 radical (unpaired) electrons. The summed E-state index contributed by atoms with van der Waals surface area (Å²) in [7, 11) is 0. The van der Waals surface area contributed by atoms with Crippen molar-refractivity contribution in [3.63, 3.8) is 0 Å². The van der Waals surface area contributed by atoms with Crippen molar-refractivity contribution < 1.29 is 4.42 Å². The molecule has 6 aromatic heterocycles. The normalized spacial score (nSPS) is 14.1. The molecule has 36 heavy (non-hydrogen) atoms. The van der Waals surface area contributed by atoms with Gasteiger partial charge < -0.3 is 14.1 Å². The number of rotatable bonds is 8. The Balaban J connectivity index is 1.07. The molecule has 9 heteroatoms. The van der Waals surface area contributed by atoms with Gasteiger partial charge in [-0.25, -0.2) is 9.67 Å². The first-order valence-corrected chi connectivity index (χ1v) is 12.4. The quantitative estimate of drug-likeness (QED) is 0.347. The van der Waals surface area contributed by atoms with Crippen LogP contribution < -0.4 is 5.32 Å². The number of hydrogen-bond acceptors (Lipinski definition) is 6. The molecule has 0 aliphatic heterocycles. The fraction of sp³-hybridized carbons (Fsp3) is 0.259. The van der Waals surface area contributed by atoms with Crippen molar-refractivity contribution in [2.24, 2.45) is 5.92 Å². The molecule has 0 spiro atoms. The lowest BCUT2D eigenvalue weighted by Crippen LogP contribution is -2.26. The number of imidazole rings is 1. The van der Waals surface area contributed by atoms with E-state index in [0.29, 0.717) is 6.54 Å². The fourth-order valence-electron chi connectivity index (χ4n) is 4.82. The van der Waals surface area contributed by atoms with E-state index in [1.807, 2.05) is 46.0 Å². The van der Waals surface area contributed by atoms with Crippen molar-refractivity contribution >= 4 is 16.7 Å². The number of fused-ring (bicyclic) bond motifs is 2. The van der Waals surface area contributed by atoms with Crippen LogP contribution in [0.25, 0.3) is 33.7 Å². The highest BCUT2D eigenvalue weighted by Crippen LogP contribution is 2.26. The highest BCUT2D eigenvalue weighted by Gasteiger charge is 2.16. The van der Waals surface area contributed by atoms with Crippen molar-refractivity contribution in [1.82, 2.24) is 39.2 Å². The average molecular weight is 479 g/mol. The monoisotopic (exact) mass is 478 g/mol. The zero-order valence-corrected chi connectivity index (χ0v) is 19.8. The van der Waals surface area contributed by atoms with Crippen LogP contribution in [0.1, 0.15) is 30.5 Å². The molecule has 0 amide bonds. The first-order valence-electron chi connectivity index (χ1n) is 12.4. The van der Waals surface area contributed by atoms with Gasteiger partial charge in [0.1, 0.15) is 11.3 Å². The van der Waals surface area contributed by atoms with Gasteiger partial charge in [-0.2, -0.15) is 0 Å². The lowest BCUT2D eigenvalue weighted by atomic mass is 9.85. The zero-order valence-electron chi connectivity index (χ0n) is 19.8. The van der Waals surface area contributed by atoms with Crippen molar-refractivity contribution in [2.45, 2.75) is 32.4 Å². The summed E-state index contributed by atoms with van der Waals surface area (Å²) < 4.78 is 11.5. The summed E-state index contributed by atoms with van der Waals surface area (Å²) in [6.07, 6.45) is 17.5. The van der Waals surface area contributed by atoms with Crippen LogP contribution in [0.2, 0.25) is 0 Å². The predicted molar refractivity (Wildman–Crippen MR) is 136 cm³/mol. The van der Waals surface area contributed by atoms with Crippen molar-refractivity contribution in [3.05, 3.63) is 85.0 Å². The molecule has 0 unspecified atom stereocenters. The van der Waals surface area contributed by atoms with Gasteiger partial charge in [-0.05, 0) is 55.1 Å². The van der Waals surface area contributed by atoms with Crippen LogP contribution in [0.5, 0.6) is 0 Å². The maximum absolute atomic E-state index is 5.62. The highest BCUT2D eigenvalue weighted by molar-refractivity contribution is 5.77. The fourth-order valence-corrected chi connectivity index (χ4v) is 4.82. The Morgan fingerprint density at radius 2 is 2.03 bits per heavy atom. The third-order valence-corrected chi connectivity index (χ3v) is 7.01. The Morgan fingerprint density at radius 3 is 2.94 bits per heavy atom. The molecule has 7 rings (SSSR count). The van der Waals surface area contributed by atoms with E-state index in [9.17, 15) is 0 Å². The maximum atomic E-state index is 5.62. The van der Waals surface area contributed by atoms with Gasteiger partial charge in [0, 0.05) is 42.3 Å². The van der Waals surface area contributed by atoms with Crippen LogP contribution in [0.4, 0.5) is 0 Å². The summed E-state index contributed by atoms with van der Waals surface area (Å²) in [5.41, 5.74) is 6.48. The first-order chi connectivity index (χ1) is 17.8. The summed E-state index contributed by atoms with van der Waals surface area (Å²) in [6.45, 7) is 2.54. The summed E-state index contributed by atoms with van der Waals surface area (Å²) >= 11 is 0. The van der Waals surface area contributed by atoms with E-state index >= 15 is 0 Å². The molecule has 1 aliphatic rings. The van der Waals surface area contributed by atoms with Gasteiger partial charge in [-0.15, -0.1) is 5.10 Å². The second-order valence-corrected chi connectivity index (χ2v) is 9.56. The molecular formula is C27H26N8O. The van der Waals surface area contributed by atoms with Gasteiger partial charge in [-0.3, -0.25) is 9.55 Å². The molecule has 1 fully saturated rings. The van der Waals surface area contributed by atoms with E-state index in [4.69, 9.17) is 9.40 Å². The third kappa shape index (κ3) is 3.97. The second-order valence-electron chi connectivity index (χ2n) is 9.56. The molecule has 0 bridgehead atoms. The van der Waals surface area contributed by atoms with Crippen LogP contribution in [0, 0.1) is 5.92 Å². The van der Waals surface area contributed by atoms with Crippen LogP contribution in [0.15, 0.2) is 78.2 Å². The second kappa shape index (κ2) is 8.76. The number of hydrogen-bond donors (Lipinski definition) is 1.